The van der Waals surface area contributed by atoms with Gasteiger partial charge in [0, 0.05) is 0 Å². The van der Waals surface area contributed by atoms with Crippen LogP contribution in [0, 0.1) is 0 Å². The molecule has 0 radical (unpaired) electrons. The van der Waals surface area contributed by atoms with Crippen molar-refractivity contribution in [2.24, 2.45) is 0 Å². The first-order valence-corrected chi connectivity index (χ1v) is 13.1. The average Bonchev–Trinajstić information content (AvgIpc) is 2.77. The summed E-state index contributed by atoms with van der Waals surface area (Å²) in [4.78, 5) is 8.96. The van der Waals surface area contributed by atoms with Crippen molar-refractivity contribution in [3.63, 3.8) is 0 Å². The van der Waals surface area contributed by atoms with Gasteiger partial charge < -0.3 is 15.4 Å². The number of hydrogen-bond acceptors (Lipinski definition) is 7. The summed E-state index contributed by atoms with van der Waals surface area (Å²) >= 11 is 6.34. The molecule has 0 amide bonds. The fraction of sp³-hybridized carbons (Fsp3) is 0.360. The third-order valence-corrected chi connectivity index (χ3v) is 7.58. The molecular formula is C25H31ClN4O3S. The first-order chi connectivity index (χ1) is 16.0. The van der Waals surface area contributed by atoms with E-state index in [1.165, 1.54) is 6.20 Å². The monoisotopic (exact) mass is 502 g/mol. The summed E-state index contributed by atoms with van der Waals surface area (Å²) in [7, 11) is -3.51. The van der Waals surface area contributed by atoms with Crippen molar-refractivity contribution in [2.75, 3.05) is 10.6 Å². The number of halogens is 1. The highest BCUT2D eigenvalue weighted by molar-refractivity contribution is 7.92. The lowest BCUT2D eigenvalue weighted by molar-refractivity contribution is 0.243. The molecule has 1 aromatic heterocycles. The number of rotatable bonds is 9. The number of nitrogens with one attached hydrogen (secondary N) is 2. The predicted octanol–water partition coefficient (Wildman–Crippen LogP) is 6.71. The normalized spacial score (nSPS) is 11.8. The highest BCUT2D eigenvalue weighted by Gasteiger charge is 2.23. The van der Waals surface area contributed by atoms with Gasteiger partial charge in [-0.15, -0.1) is 0 Å². The molecule has 182 valence electrons. The first kappa shape index (κ1) is 25.8. The fourth-order valence-corrected chi connectivity index (χ4v) is 4.53. The fourth-order valence-electron chi connectivity index (χ4n) is 3.19. The van der Waals surface area contributed by atoms with Crippen LogP contribution in [0.25, 0.3) is 0 Å². The molecule has 2 aromatic carbocycles. The summed E-state index contributed by atoms with van der Waals surface area (Å²) in [5, 5.41) is 5.95. The molecule has 0 atom stereocenters. The molecule has 0 spiro atoms. The summed E-state index contributed by atoms with van der Waals surface area (Å²) in [5.74, 6) is 1.63. The van der Waals surface area contributed by atoms with Gasteiger partial charge in [-0.05, 0) is 63.4 Å². The molecule has 0 saturated heterocycles. The highest BCUT2D eigenvalue weighted by atomic mass is 35.5. The van der Waals surface area contributed by atoms with E-state index in [1.807, 2.05) is 32.0 Å². The third kappa shape index (κ3) is 5.98. The Bertz CT molecular complexity index is 1260. The van der Waals surface area contributed by atoms with Crippen molar-refractivity contribution in [1.82, 2.24) is 9.97 Å². The van der Waals surface area contributed by atoms with Gasteiger partial charge in [0.1, 0.15) is 10.8 Å². The second-order valence-electron chi connectivity index (χ2n) is 8.81. The van der Waals surface area contributed by atoms with Crippen LogP contribution < -0.4 is 15.4 Å². The third-order valence-electron chi connectivity index (χ3n) is 5.09. The van der Waals surface area contributed by atoms with Crippen molar-refractivity contribution in [3.8, 4) is 5.75 Å². The predicted molar refractivity (Wildman–Crippen MR) is 139 cm³/mol. The van der Waals surface area contributed by atoms with E-state index in [-0.39, 0.29) is 21.8 Å². The summed E-state index contributed by atoms with van der Waals surface area (Å²) in [6.07, 6.45) is 1.45. The summed E-state index contributed by atoms with van der Waals surface area (Å²) in [6, 6.07) is 12.7. The smallest absolute Gasteiger partial charge is 0.229 e. The molecule has 0 aliphatic carbocycles. The van der Waals surface area contributed by atoms with Crippen LogP contribution in [-0.4, -0.2) is 29.7 Å². The number of benzene rings is 2. The van der Waals surface area contributed by atoms with Gasteiger partial charge in [-0.1, -0.05) is 43.6 Å². The van der Waals surface area contributed by atoms with Gasteiger partial charge in [0.05, 0.1) is 33.8 Å². The molecule has 0 fully saturated rings. The lowest BCUT2D eigenvalue weighted by atomic mass is 10.0. The van der Waals surface area contributed by atoms with Gasteiger partial charge in [-0.3, -0.25) is 0 Å². The maximum absolute atomic E-state index is 12.8. The quantitative estimate of drug-likeness (QED) is 0.335. The van der Waals surface area contributed by atoms with E-state index in [4.69, 9.17) is 16.3 Å². The van der Waals surface area contributed by atoms with Gasteiger partial charge in [0.2, 0.25) is 5.95 Å². The van der Waals surface area contributed by atoms with Gasteiger partial charge in [0.15, 0.2) is 15.7 Å². The number of ether oxygens (including phenoxy) is 1. The van der Waals surface area contributed by atoms with Gasteiger partial charge >= 0.3 is 0 Å². The second-order valence-corrected chi connectivity index (χ2v) is 11.7. The number of aromatic nitrogens is 2. The van der Waals surface area contributed by atoms with Crippen LogP contribution in [0.1, 0.15) is 53.0 Å². The highest BCUT2D eigenvalue weighted by Crippen LogP contribution is 2.33. The van der Waals surface area contributed by atoms with Gasteiger partial charge in [-0.2, -0.15) is 4.98 Å². The van der Waals surface area contributed by atoms with E-state index < -0.39 is 15.1 Å². The molecule has 3 rings (SSSR count). The Hall–Kier alpha value is -2.84. The molecular weight excluding hydrogens is 472 g/mol. The van der Waals surface area contributed by atoms with Crippen LogP contribution in [0.5, 0.6) is 5.75 Å². The number of para-hydroxylation sites is 1. The van der Waals surface area contributed by atoms with Crippen LogP contribution >= 0.6 is 11.6 Å². The molecule has 1 heterocycles. The molecule has 0 saturated carbocycles. The van der Waals surface area contributed by atoms with Crippen molar-refractivity contribution in [2.45, 2.75) is 63.7 Å². The van der Waals surface area contributed by atoms with Crippen LogP contribution in [0.2, 0.25) is 5.02 Å². The Morgan fingerprint density at radius 1 is 0.941 bits per heavy atom. The Balaban J connectivity index is 1.95. The second kappa shape index (κ2) is 10.6. The lowest BCUT2D eigenvalue weighted by Gasteiger charge is -2.18. The summed E-state index contributed by atoms with van der Waals surface area (Å²) in [6.45, 7) is 11.5. The minimum atomic E-state index is -3.51. The zero-order valence-corrected chi connectivity index (χ0v) is 21.8. The van der Waals surface area contributed by atoms with Crippen LogP contribution in [0.4, 0.5) is 23.1 Å². The van der Waals surface area contributed by atoms with E-state index >= 15 is 0 Å². The van der Waals surface area contributed by atoms with Gasteiger partial charge in [0.25, 0.3) is 0 Å². The van der Waals surface area contributed by atoms with E-state index in [0.29, 0.717) is 29.0 Å². The molecule has 0 aliphatic rings. The largest absolute Gasteiger partial charge is 0.489 e. The minimum absolute atomic E-state index is 0.00858. The summed E-state index contributed by atoms with van der Waals surface area (Å²) < 4.78 is 31.6. The maximum atomic E-state index is 12.8. The van der Waals surface area contributed by atoms with Crippen LogP contribution in [-0.2, 0) is 9.84 Å². The Labute approximate surface area is 206 Å². The van der Waals surface area contributed by atoms with E-state index in [9.17, 15) is 8.42 Å². The zero-order chi connectivity index (χ0) is 25.0. The van der Waals surface area contributed by atoms with Crippen molar-refractivity contribution in [1.29, 1.82) is 0 Å². The number of anilines is 4. The number of hydrogen-bond donors (Lipinski definition) is 2. The molecule has 0 aliphatic heterocycles. The maximum Gasteiger partial charge on any atom is 0.229 e. The Kier molecular flexibility index (Phi) is 8.05. The van der Waals surface area contributed by atoms with Gasteiger partial charge in [-0.25, -0.2) is 13.4 Å². The standard InChI is InChI=1S/C25H31ClN4O3S/c1-15(2)18-11-12-20(22(13-18)33-16(3)4)29-25-27-14-19(26)24(30-25)28-21-9-7-8-10-23(21)34(31,32)17(5)6/h7-17H,1-6H3,(H2,27,28,29,30). The van der Waals surface area contributed by atoms with E-state index in [1.54, 1.807) is 38.1 Å². The van der Waals surface area contributed by atoms with Crippen LogP contribution in [0.15, 0.2) is 53.6 Å². The molecule has 0 bridgehead atoms. The van der Waals surface area contributed by atoms with E-state index in [0.717, 1.165) is 5.56 Å². The zero-order valence-electron chi connectivity index (χ0n) is 20.3. The number of sulfone groups is 1. The lowest BCUT2D eigenvalue weighted by Crippen LogP contribution is -2.15. The van der Waals surface area contributed by atoms with E-state index in [2.05, 4.69) is 34.4 Å². The average molecular weight is 503 g/mol. The summed E-state index contributed by atoms with van der Waals surface area (Å²) in [5.41, 5.74) is 2.27. The van der Waals surface area contributed by atoms with Crippen molar-refractivity contribution >= 4 is 44.6 Å². The van der Waals surface area contributed by atoms with Crippen molar-refractivity contribution in [3.05, 3.63) is 59.2 Å². The molecule has 34 heavy (non-hydrogen) atoms. The molecule has 9 heteroatoms. The molecule has 3 aromatic rings. The van der Waals surface area contributed by atoms with Crippen molar-refractivity contribution < 1.29 is 13.2 Å². The Morgan fingerprint density at radius 2 is 1.65 bits per heavy atom. The first-order valence-electron chi connectivity index (χ1n) is 11.2. The minimum Gasteiger partial charge on any atom is -0.489 e. The van der Waals surface area contributed by atoms with Crippen LogP contribution in [0.3, 0.4) is 0 Å². The molecule has 7 nitrogen and oxygen atoms in total. The Morgan fingerprint density at radius 3 is 2.29 bits per heavy atom. The molecule has 2 N–H and O–H groups in total. The SMILES string of the molecule is CC(C)Oc1cc(C(C)C)ccc1Nc1ncc(Cl)c(Nc2ccccc2S(=O)(=O)C(C)C)n1. The molecule has 0 unspecified atom stereocenters. The number of nitrogens with zero attached hydrogens (tertiary/aromatic N) is 2. The topological polar surface area (TPSA) is 93.2 Å².